The summed E-state index contributed by atoms with van der Waals surface area (Å²) in [7, 11) is 0. The van der Waals surface area contributed by atoms with Gasteiger partial charge in [0.1, 0.15) is 5.82 Å². The van der Waals surface area contributed by atoms with Crippen LogP contribution >= 0.6 is 0 Å². The van der Waals surface area contributed by atoms with Gasteiger partial charge < -0.3 is 5.32 Å². The number of nitrogens with one attached hydrogen (secondary N) is 1. The summed E-state index contributed by atoms with van der Waals surface area (Å²) in [5.41, 5.74) is -0.303. The minimum Gasteiger partial charge on any atom is -0.362 e. The monoisotopic (exact) mass is 389 g/mol. The van der Waals surface area contributed by atoms with Crippen LogP contribution in [0, 0.1) is 0 Å². The van der Waals surface area contributed by atoms with Gasteiger partial charge in [-0.05, 0) is 36.2 Å². The van der Waals surface area contributed by atoms with Crippen molar-refractivity contribution in [3.05, 3.63) is 53.3 Å². The first-order valence-corrected chi connectivity index (χ1v) is 7.83. The zero-order valence-corrected chi connectivity index (χ0v) is 13.8. The molecular weight excluding hydrogens is 376 g/mol. The highest BCUT2D eigenvalue weighted by atomic mass is 19.4. The predicted octanol–water partition coefficient (Wildman–Crippen LogP) is 4.73. The molecular formula is C16H13F6N5. The molecule has 0 saturated carbocycles. The zero-order chi connectivity index (χ0) is 19.8. The van der Waals surface area contributed by atoms with Crippen LogP contribution in [0.1, 0.15) is 36.3 Å². The van der Waals surface area contributed by atoms with Crippen molar-refractivity contribution < 1.29 is 26.3 Å². The number of rotatable bonds is 4. The number of alkyl halides is 6. The molecule has 0 amide bonds. The molecule has 3 rings (SSSR count). The molecule has 0 saturated heterocycles. The van der Waals surface area contributed by atoms with Gasteiger partial charge in [-0.25, -0.2) is 0 Å². The largest absolute Gasteiger partial charge is 0.453 e. The Morgan fingerprint density at radius 1 is 0.926 bits per heavy atom. The van der Waals surface area contributed by atoms with Crippen LogP contribution in [-0.4, -0.2) is 19.8 Å². The molecule has 27 heavy (non-hydrogen) atoms. The van der Waals surface area contributed by atoms with E-state index in [9.17, 15) is 26.3 Å². The van der Waals surface area contributed by atoms with Crippen LogP contribution in [0.15, 0.2) is 36.4 Å². The van der Waals surface area contributed by atoms with Crippen molar-refractivity contribution >= 4 is 11.5 Å². The summed E-state index contributed by atoms with van der Waals surface area (Å²) in [6.07, 6.45) is -8.69. The molecule has 3 aromatic rings. The summed E-state index contributed by atoms with van der Waals surface area (Å²) in [4.78, 5) is 0. The Balaban J connectivity index is 1.88. The molecule has 0 aliphatic heterocycles. The van der Waals surface area contributed by atoms with E-state index in [1.165, 1.54) is 24.3 Å². The second kappa shape index (κ2) is 6.71. The van der Waals surface area contributed by atoms with Gasteiger partial charge in [0.2, 0.25) is 0 Å². The fourth-order valence-corrected chi connectivity index (χ4v) is 2.55. The summed E-state index contributed by atoms with van der Waals surface area (Å²) in [6, 6.07) is 6.86. The van der Waals surface area contributed by atoms with Crippen molar-refractivity contribution in [1.82, 2.24) is 19.8 Å². The number of halogens is 6. The molecule has 0 radical (unpaired) electrons. The van der Waals surface area contributed by atoms with E-state index in [1.807, 2.05) is 0 Å². The fraction of sp³-hybridized carbons (Fsp3) is 0.312. The average Bonchev–Trinajstić information content (AvgIpc) is 3.02. The third-order valence-electron chi connectivity index (χ3n) is 3.89. The topological polar surface area (TPSA) is 55.1 Å². The van der Waals surface area contributed by atoms with E-state index < -0.39 is 29.8 Å². The minimum absolute atomic E-state index is 0.0737. The first-order valence-electron chi connectivity index (χ1n) is 7.83. The highest BCUT2D eigenvalue weighted by Crippen LogP contribution is 2.31. The van der Waals surface area contributed by atoms with Crippen molar-refractivity contribution in [3.63, 3.8) is 0 Å². The molecule has 5 nitrogen and oxygen atoms in total. The lowest BCUT2D eigenvalue weighted by Crippen LogP contribution is -2.15. The van der Waals surface area contributed by atoms with E-state index in [1.54, 1.807) is 6.92 Å². The normalized spacial score (nSPS) is 13.7. The number of hydrogen-bond acceptors (Lipinski definition) is 4. The Bertz CT molecular complexity index is 929. The molecule has 1 aromatic carbocycles. The van der Waals surface area contributed by atoms with Crippen LogP contribution < -0.4 is 5.32 Å². The number of fused-ring (bicyclic) bond motifs is 1. The SMILES string of the molecule is CCC(Nc1ccc2nnc(C(F)(F)F)n2n1)c1ccc(C(F)(F)F)cc1. The zero-order valence-electron chi connectivity index (χ0n) is 13.8. The number of hydrogen-bond donors (Lipinski definition) is 1. The van der Waals surface area contributed by atoms with Gasteiger partial charge >= 0.3 is 12.4 Å². The van der Waals surface area contributed by atoms with Crippen molar-refractivity contribution in [3.8, 4) is 0 Å². The Morgan fingerprint density at radius 2 is 1.59 bits per heavy atom. The third kappa shape index (κ3) is 3.96. The summed E-state index contributed by atoms with van der Waals surface area (Å²) < 4.78 is 77.4. The maximum atomic E-state index is 12.9. The lowest BCUT2D eigenvalue weighted by atomic mass is 10.0. The van der Waals surface area contributed by atoms with Gasteiger partial charge in [-0.15, -0.1) is 15.3 Å². The summed E-state index contributed by atoms with van der Waals surface area (Å²) in [6.45, 7) is 1.79. The second-order valence-electron chi connectivity index (χ2n) is 5.73. The van der Waals surface area contributed by atoms with Gasteiger partial charge in [-0.2, -0.15) is 30.9 Å². The van der Waals surface area contributed by atoms with Crippen LogP contribution in [0.5, 0.6) is 0 Å². The van der Waals surface area contributed by atoms with Crippen molar-refractivity contribution in [1.29, 1.82) is 0 Å². The number of nitrogens with zero attached hydrogens (tertiary/aromatic N) is 4. The first kappa shape index (κ1) is 18.9. The summed E-state index contributed by atoms with van der Waals surface area (Å²) in [5, 5.41) is 13.3. The fourth-order valence-electron chi connectivity index (χ4n) is 2.55. The van der Waals surface area contributed by atoms with E-state index in [-0.39, 0.29) is 11.5 Å². The summed E-state index contributed by atoms with van der Waals surface area (Å²) in [5.74, 6) is -1.15. The van der Waals surface area contributed by atoms with Gasteiger partial charge in [0.15, 0.2) is 5.65 Å². The molecule has 0 bridgehead atoms. The molecule has 2 aromatic heterocycles. The van der Waals surface area contributed by atoms with Crippen molar-refractivity contribution in [2.24, 2.45) is 0 Å². The van der Waals surface area contributed by atoms with Crippen LogP contribution in [0.3, 0.4) is 0 Å². The first-order chi connectivity index (χ1) is 12.6. The molecule has 144 valence electrons. The molecule has 1 atom stereocenters. The quantitative estimate of drug-likeness (QED) is 0.656. The number of aromatic nitrogens is 4. The Labute approximate surface area is 149 Å². The Kier molecular flexibility index (Phi) is 4.70. The van der Waals surface area contributed by atoms with Gasteiger partial charge in [0.05, 0.1) is 11.6 Å². The van der Waals surface area contributed by atoms with Crippen molar-refractivity contribution in [2.45, 2.75) is 31.7 Å². The van der Waals surface area contributed by atoms with Gasteiger partial charge in [0, 0.05) is 0 Å². The molecule has 1 N–H and O–H groups in total. The number of benzene rings is 1. The minimum atomic E-state index is -4.72. The molecule has 11 heteroatoms. The van der Waals surface area contributed by atoms with Gasteiger partial charge in [-0.1, -0.05) is 19.1 Å². The maximum Gasteiger partial charge on any atom is 0.453 e. The van der Waals surface area contributed by atoms with E-state index in [2.05, 4.69) is 20.6 Å². The van der Waals surface area contributed by atoms with Gasteiger partial charge in [-0.3, -0.25) is 0 Å². The Morgan fingerprint density at radius 3 is 2.15 bits per heavy atom. The van der Waals surface area contributed by atoms with Crippen LogP contribution in [0.25, 0.3) is 5.65 Å². The standard InChI is InChI=1S/C16H13F6N5/c1-2-11(9-3-5-10(6-4-9)15(17,18)19)23-12-7-8-13-24-25-14(16(20,21)22)27(13)26-12/h3-8,11H,2H2,1H3,(H,23,26). The van der Waals surface area contributed by atoms with Crippen LogP contribution in [-0.2, 0) is 12.4 Å². The molecule has 2 heterocycles. The molecule has 0 aliphatic carbocycles. The smallest absolute Gasteiger partial charge is 0.362 e. The molecule has 0 aliphatic rings. The highest BCUT2D eigenvalue weighted by molar-refractivity contribution is 5.45. The van der Waals surface area contributed by atoms with Crippen LogP contribution in [0.4, 0.5) is 32.2 Å². The Hall–Kier alpha value is -2.85. The van der Waals surface area contributed by atoms with Crippen LogP contribution in [0.2, 0.25) is 0 Å². The van der Waals surface area contributed by atoms with E-state index in [0.29, 0.717) is 16.5 Å². The van der Waals surface area contributed by atoms with Gasteiger partial charge in [0.25, 0.3) is 5.82 Å². The second-order valence-corrected chi connectivity index (χ2v) is 5.73. The summed E-state index contributed by atoms with van der Waals surface area (Å²) >= 11 is 0. The lowest BCUT2D eigenvalue weighted by Gasteiger charge is -2.19. The van der Waals surface area contributed by atoms with E-state index in [0.717, 1.165) is 12.1 Å². The molecule has 0 spiro atoms. The maximum absolute atomic E-state index is 12.9. The average molecular weight is 389 g/mol. The van der Waals surface area contributed by atoms with Crippen molar-refractivity contribution in [2.75, 3.05) is 5.32 Å². The highest BCUT2D eigenvalue weighted by Gasteiger charge is 2.37. The van der Waals surface area contributed by atoms with E-state index >= 15 is 0 Å². The van der Waals surface area contributed by atoms with E-state index in [4.69, 9.17) is 0 Å². The molecule has 1 unspecified atom stereocenters. The third-order valence-corrected chi connectivity index (χ3v) is 3.89. The predicted molar refractivity (Wildman–Crippen MR) is 83.9 cm³/mol. The number of anilines is 1. The molecule has 0 fully saturated rings. The lowest BCUT2D eigenvalue weighted by molar-refractivity contribution is -0.146.